The highest BCUT2D eigenvalue weighted by Crippen LogP contribution is 2.09. The Morgan fingerprint density at radius 1 is 1.44 bits per heavy atom. The van der Waals surface area contributed by atoms with Crippen LogP contribution in [0.1, 0.15) is 17.5 Å². The SMILES string of the molecule is CCOC(=O)c1ncc2ccc(B(O)O)cc2n1. The lowest BCUT2D eigenvalue weighted by Gasteiger charge is -2.04. The third-order valence-corrected chi connectivity index (χ3v) is 2.36. The Kier molecular flexibility index (Phi) is 3.54. The van der Waals surface area contributed by atoms with Crippen molar-refractivity contribution >= 4 is 29.5 Å². The summed E-state index contributed by atoms with van der Waals surface area (Å²) < 4.78 is 4.79. The first-order valence-electron chi connectivity index (χ1n) is 5.41. The summed E-state index contributed by atoms with van der Waals surface area (Å²) in [4.78, 5) is 19.4. The van der Waals surface area contributed by atoms with E-state index < -0.39 is 13.1 Å². The Hall–Kier alpha value is -1.99. The summed E-state index contributed by atoms with van der Waals surface area (Å²) in [6.07, 6.45) is 1.49. The monoisotopic (exact) mass is 246 g/mol. The molecule has 2 N–H and O–H groups in total. The van der Waals surface area contributed by atoms with E-state index in [-0.39, 0.29) is 12.4 Å². The zero-order valence-electron chi connectivity index (χ0n) is 9.70. The number of carbonyl (C=O) groups is 1. The van der Waals surface area contributed by atoms with Gasteiger partial charge < -0.3 is 14.8 Å². The van der Waals surface area contributed by atoms with Gasteiger partial charge in [0.25, 0.3) is 0 Å². The molecular formula is C11H11BN2O4. The quantitative estimate of drug-likeness (QED) is 0.559. The first-order valence-corrected chi connectivity index (χ1v) is 5.41. The van der Waals surface area contributed by atoms with Crippen molar-refractivity contribution in [3.8, 4) is 0 Å². The molecule has 0 spiro atoms. The van der Waals surface area contributed by atoms with E-state index in [1.807, 2.05) is 0 Å². The van der Waals surface area contributed by atoms with Gasteiger partial charge in [0.05, 0.1) is 12.1 Å². The summed E-state index contributed by atoms with van der Waals surface area (Å²) in [5.74, 6) is -0.650. The molecule has 0 amide bonds. The average molecular weight is 246 g/mol. The van der Waals surface area contributed by atoms with Crippen LogP contribution in [-0.4, -0.2) is 39.7 Å². The molecule has 0 unspecified atom stereocenters. The second-order valence-corrected chi connectivity index (χ2v) is 3.61. The minimum absolute atomic E-state index is 0.0473. The molecular weight excluding hydrogens is 235 g/mol. The maximum Gasteiger partial charge on any atom is 0.488 e. The highest BCUT2D eigenvalue weighted by molar-refractivity contribution is 6.58. The Bertz CT molecular complexity index is 588. The predicted octanol–water partition coefficient (Wildman–Crippen LogP) is -0.514. The molecule has 0 aliphatic heterocycles. The highest BCUT2D eigenvalue weighted by Gasteiger charge is 2.14. The van der Waals surface area contributed by atoms with Gasteiger partial charge in [-0.15, -0.1) is 0 Å². The topological polar surface area (TPSA) is 92.5 Å². The molecule has 0 saturated heterocycles. The molecule has 1 aromatic carbocycles. The molecule has 0 radical (unpaired) electrons. The van der Waals surface area contributed by atoms with E-state index in [1.165, 1.54) is 12.3 Å². The number of benzene rings is 1. The molecule has 0 saturated carbocycles. The molecule has 0 bridgehead atoms. The van der Waals surface area contributed by atoms with Crippen molar-refractivity contribution in [2.24, 2.45) is 0 Å². The first-order chi connectivity index (χ1) is 8.61. The van der Waals surface area contributed by atoms with Crippen LogP contribution >= 0.6 is 0 Å². The first kappa shape index (κ1) is 12.5. The van der Waals surface area contributed by atoms with Crippen LogP contribution in [0, 0.1) is 0 Å². The van der Waals surface area contributed by atoms with E-state index in [9.17, 15) is 4.79 Å². The van der Waals surface area contributed by atoms with Crippen LogP contribution in [0.15, 0.2) is 24.4 Å². The molecule has 2 aromatic rings. The Labute approximate surface area is 103 Å². The van der Waals surface area contributed by atoms with Crippen LogP contribution in [0.5, 0.6) is 0 Å². The van der Waals surface area contributed by atoms with E-state index in [4.69, 9.17) is 14.8 Å². The fourth-order valence-electron chi connectivity index (χ4n) is 1.49. The molecule has 7 heteroatoms. The highest BCUT2D eigenvalue weighted by atomic mass is 16.5. The Morgan fingerprint density at radius 3 is 2.89 bits per heavy atom. The van der Waals surface area contributed by atoms with E-state index in [0.29, 0.717) is 16.4 Å². The molecule has 18 heavy (non-hydrogen) atoms. The summed E-state index contributed by atoms with van der Waals surface area (Å²) in [5, 5.41) is 18.8. The Balaban J connectivity index is 2.45. The minimum Gasteiger partial charge on any atom is -0.460 e. The van der Waals surface area contributed by atoms with E-state index in [2.05, 4.69) is 9.97 Å². The standard InChI is InChI=1S/C11H11BN2O4/c1-2-18-11(15)10-13-6-7-3-4-8(12(16)17)5-9(7)14-10/h3-6,16-17H,2H2,1H3. The molecule has 92 valence electrons. The molecule has 1 aromatic heterocycles. The molecule has 6 nitrogen and oxygen atoms in total. The molecule has 0 aliphatic rings. The van der Waals surface area contributed by atoms with Crippen LogP contribution in [0.4, 0.5) is 0 Å². The molecule has 2 rings (SSSR count). The van der Waals surface area contributed by atoms with Crippen LogP contribution in [-0.2, 0) is 4.74 Å². The molecule has 0 fully saturated rings. The molecule has 0 aliphatic carbocycles. The fourth-order valence-corrected chi connectivity index (χ4v) is 1.49. The van der Waals surface area contributed by atoms with Crippen LogP contribution in [0.3, 0.4) is 0 Å². The summed E-state index contributed by atoms with van der Waals surface area (Å²) >= 11 is 0. The number of fused-ring (bicyclic) bond motifs is 1. The van der Waals surface area contributed by atoms with Gasteiger partial charge in [0.15, 0.2) is 0 Å². The van der Waals surface area contributed by atoms with Gasteiger partial charge in [0.1, 0.15) is 0 Å². The van der Waals surface area contributed by atoms with Crippen LogP contribution in [0.25, 0.3) is 10.9 Å². The lowest BCUT2D eigenvalue weighted by Crippen LogP contribution is -2.29. The van der Waals surface area contributed by atoms with E-state index in [0.717, 1.165) is 0 Å². The van der Waals surface area contributed by atoms with Crippen molar-refractivity contribution < 1.29 is 19.6 Å². The summed E-state index contributed by atoms with van der Waals surface area (Å²) in [7, 11) is -1.57. The number of rotatable bonds is 3. The molecule has 1 heterocycles. The zero-order valence-corrected chi connectivity index (χ0v) is 9.70. The lowest BCUT2D eigenvalue weighted by molar-refractivity contribution is 0.0512. The van der Waals surface area contributed by atoms with Crippen molar-refractivity contribution in [3.05, 3.63) is 30.2 Å². The number of nitrogens with zero attached hydrogens (tertiary/aromatic N) is 2. The van der Waals surface area contributed by atoms with Crippen molar-refractivity contribution in [1.29, 1.82) is 0 Å². The van der Waals surface area contributed by atoms with Gasteiger partial charge in [-0.05, 0) is 18.5 Å². The number of carbonyl (C=O) groups excluding carboxylic acids is 1. The second-order valence-electron chi connectivity index (χ2n) is 3.61. The third-order valence-electron chi connectivity index (χ3n) is 2.36. The number of esters is 1. The predicted molar refractivity (Wildman–Crippen MR) is 65.3 cm³/mol. The number of ether oxygens (including phenoxy) is 1. The van der Waals surface area contributed by atoms with Gasteiger partial charge in [-0.25, -0.2) is 14.8 Å². The summed E-state index contributed by atoms with van der Waals surface area (Å²) in [6, 6.07) is 4.70. The van der Waals surface area contributed by atoms with Crippen molar-refractivity contribution in [2.45, 2.75) is 6.92 Å². The number of aromatic nitrogens is 2. The second kappa shape index (κ2) is 5.11. The number of hydrogen-bond acceptors (Lipinski definition) is 6. The van der Waals surface area contributed by atoms with Gasteiger partial charge in [-0.2, -0.15) is 0 Å². The lowest BCUT2D eigenvalue weighted by atomic mass is 9.80. The largest absolute Gasteiger partial charge is 0.488 e. The van der Waals surface area contributed by atoms with Crippen LogP contribution < -0.4 is 5.46 Å². The van der Waals surface area contributed by atoms with Crippen molar-refractivity contribution in [3.63, 3.8) is 0 Å². The van der Waals surface area contributed by atoms with Gasteiger partial charge in [-0.3, -0.25) is 0 Å². The minimum atomic E-state index is -1.57. The number of hydrogen-bond donors (Lipinski definition) is 2. The molecule has 0 atom stereocenters. The van der Waals surface area contributed by atoms with E-state index >= 15 is 0 Å². The fraction of sp³-hybridized carbons (Fsp3) is 0.182. The van der Waals surface area contributed by atoms with Gasteiger partial charge in [-0.1, -0.05) is 12.1 Å². The normalized spacial score (nSPS) is 10.4. The zero-order chi connectivity index (χ0) is 13.1. The van der Waals surface area contributed by atoms with Gasteiger partial charge in [0.2, 0.25) is 5.82 Å². The Morgan fingerprint density at radius 2 is 2.22 bits per heavy atom. The third kappa shape index (κ3) is 2.47. The average Bonchev–Trinajstić information content (AvgIpc) is 2.37. The van der Waals surface area contributed by atoms with Crippen LogP contribution in [0.2, 0.25) is 0 Å². The van der Waals surface area contributed by atoms with Crippen molar-refractivity contribution in [1.82, 2.24) is 9.97 Å². The summed E-state index contributed by atoms with van der Waals surface area (Å²) in [6.45, 7) is 1.94. The maximum absolute atomic E-state index is 11.5. The van der Waals surface area contributed by atoms with Crippen molar-refractivity contribution in [2.75, 3.05) is 6.61 Å². The smallest absolute Gasteiger partial charge is 0.460 e. The van der Waals surface area contributed by atoms with Gasteiger partial charge in [0, 0.05) is 11.6 Å². The summed E-state index contributed by atoms with van der Waals surface area (Å²) in [5.41, 5.74) is 0.759. The maximum atomic E-state index is 11.5. The van der Waals surface area contributed by atoms with E-state index in [1.54, 1.807) is 19.1 Å². The van der Waals surface area contributed by atoms with Gasteiger partial charge >= 0.3 is 13.1 Å².